The van der Waals surface area contributed by atoms with Crippen LogP contribution in [0.3, 0.4) is 0 Å². The molecule has 0 atom stereocenters. The number of aliphatic hydroxyl groups is 1. The molecule has 0 saturated carbocycles. The maximum absolute atomic E-state index is 13.1. The summed E-state index contributed by atoms with van der Waals surface area (Å²) < 4.78 is 7.27. The monoisotopic (exact) mass is 412 g/mol. The second-order valence-corrected chi connectivity index (χ2v) is 8.04. The Bertz CT molecular complexity index is 1000. The number of amides is 1. The molecule has 0 bridgehead atoms. The first-order valence-electron chi connectivity index (χ1n) is 9.86. The van der Waals surface area contributed by atoms with Crippen molar-refractivity contribution in [1.82, 2.24) is 9.47 Å². The molecule has 3 aromatic rings. The number of methoxy groups -OCH3 is 1. The Kier molecular flexibility index (Phi) is 5.63. The first-order chi connectivity index (χ1) is 14.0. The van der Waals surface area contributed by atoms with Crippen LogP contribution in [-0.4, -0.2) is 47.3 Å². The van der Waals surface area contributed by atoms with Gasteiger partial charge in [-0.15, -0.1) is 0 Å². The van der Waals surface area contributed by atoms with Crippen LogP contribution in [0.4, 0.5) is 0 Å². The summed E-state index contributed by atoms with van der Waals surface area (Å²) in [5, 5.41) is 12.8. The number of fused-ring (bicyclic) bond motifs is 1. The molecule has 5 nitrogen and oxygen atoms in total. The highest BCUT2D eigenvalue weighted by molar-refractivity contribution is 6.30. The molecular weight excluding hydrogens is 388 g/mol. The van der Waals surface area contributed by atoms with Crippen LogP contribution in [0.15, 0.2) is 54.7 Å². The lowest BCUT2D eigenvalue weighted by atomic mass is 9.84. The summed E-state index contributed by atoms with van der Waals surface area (Å²) in [5.74, 6) is 0.00421. The maximum Gasteiger partial charge on any atom is 0.253 e. The van der Waals surface area contributed by atoms with Gasteiger partial charge in [0.2, 0.25) is 0 Å². The minimum atomic E-state index is -0.916. The van der Waals surface area contributed by atoms with Crippen LogP contribution >= 0.6 is 11.6 Å². The fourth-order valence-electron chi connectivity index (χ4n) is 4.01. The average Bonchev–Trinajstić information content (AvgIpc) is 3.15. The summed E-state index contributed by atoms with van der Waals surface area (Å²) in [6.45, 7) is 2.40. The number of rotatable bonds is 5. The van der Waals surface area contributed by atoms with Gasteiger partial charge in [-0.25, -0.2) is 0 Å². The van der Waals surface area contributed by atoms with Crippen molar-refractivity contribution in [2.75, 3.05) is 26.8 Å². The molecule has 4 rings (SSSR count). The molecule has 0 radical (unpaired) electrons. The summed E-state index contributed by atoms with van der Waals surface area (Å²) in [5.41, 5.74) is 1.64. The molecule has 6 heteroatoms. The number of carbonyl (C=O) groups excluding carboxylic acids is 1. The SMILES string of the molecule is COCCn1ccc2ccc(C(=O)N3CCC(O)(c4ccc(Cl)cc4)CC3)cc21. The van der Waals surface area contributed by atoms with E-state index in [1.54, 1.807) is 19.2 Å². The number of likely N-dealkylation sites (tertiary alicyclic amines) is 1. The molecule has 1 saturated heterocycles. The fraction of sp³-hybridized carbons (Fsp3) is 0.348. The summed E-state index contributed by atoms with van der Waals surface area (Å²) in [4.78, 5) is 14.9. The van der Waals surface area contributed by atoms with Gasteiger partial charge in [0.1, 0.15) is 0 Å². The summed E-state index contributed by atoms with van der Waals surface area (Å²) >= 11 is 5.96. The number of ether oxygens (including phenoxy) is 1. The van der Waals surface area contributed by atoms with E-state index < -0.39 is 5.60 Å². The number of halogens is 1. The van der Waals surface area contributed by atoms with E-state index in [1.165, 1.54) is 0 Å². The second-order valence-electron chi connectivity index (χ2n) is 7.61. The second kappa shape index (κ2) is 8.19. The minimum Gasteiger partial charge on any atom is -0.385 e. The molecule has 152 valence electrons. The molecule has 1 amide bonds. The van der Waals surface area contributed by atoms with E-state index in [9.17, 15) is 9.90 Å². The van der Waals surface area contributed by atoms with E-state index in [0.29, 0.717) is 43.1 Å². The van der Waals surface area contributed by atoms with Gasteiger partial charge in [-0.2, -0.15) is 0 Å². The molecule has 29 heavy (non-hydrogen) atoms. The Morgan fingerprint density at radius 3 is 2.55 bits per heavy atom. The molecule has 1 aliphatic rings. The molecule has 1 N–H and O–H groups in total. The van der Waals surface area contributed by atoms with Crippen molar-refractivity contribution >= 4 is 28.4 Å². The highest BCUT2D eigenvalue weighted by atomic mass is 35.5. The lowest BCUT2D eigenvalue weighted by molar-refractivity contribution is -0.0211. The van der Waals surface area contributed by atoms with Crippen molar-refractivity contribution in [3.63, 3.8) is 0 Å². The van der Waals surface area contributed by atoms with E-state index in [0.717, 1.165) is 23.0 Å². The number of carbonyl (C=O) groups is 1. The number of aromatic nitrogens is 1. The third kappa shape index (κ3) is 4.04. The molecule has 1 aliphatic heterocycles. The summed E-state index contributed by atoms with van der Waals surface area (Å²) in [6, 6.07) is 15.2. The average molecular weight is 413 g/mol. The predicted molar refractivity (Wildman–Crippen MR) is 114 cm³/mol. The molecule has 0 spiro atoms. The van der Waals surface area contributed by atoms with Crippen molar-refractivity contribution < 1.29 is 14.6 Å². The van der Waals surface area contributed by atoms with Crippen molar-refractivity contribution in [2.24, 2.45) is 0 Å². The quantitative estimate of drug-likeness (QED) is 0.687. The minimum absolute atomic E-state index is 0.00421. The number of benzene rings is 2. The molecule has 0 unspecified atom stereocenters. The molecular formula is C23H25ClN2O3. The molecule has 1 fully saturated rings. The number of nitrogens with zero attached hydrogens (tertiary/aromatic N) is 2. The zero-order chi connectivity index (χ0) is 20.4. The zero-order valence-corrected chi connectivity index (χ0v) is 17.2. The normalized spacial score (nSPS) is 16.3. The van der Waals surface area contributed by atoms with Crippen molar-refractivity contribution in [3.8, 4) is 0 Å². The third-order valence-corrected chi connectivity index (χ3v) is 6.07. The molecule has 1 aromatic heterocycles. The lowest BCUT2D eigenvalue weighted by Crippen LogP contribution is -2.45. The number of hydrogen-bond acceptors (Lipinski definition) is 3. The summed E-state index contributed by atoms with van der Waals surface area (Å²) in [6.07, 6.45) is 3.03. The van der Waals surface area contributed by atoms with Crippen LogP contribution < -0.4 is 0 Å². The van der Waals surface area contributed by atoms with Crippen LogP contribution in [0, 0.1) is 0 Å². The standard InChI is InChI=1S/C23H25ClN2O3/c1-29-15-14-25-11-8-17-2-3-18(16-21(17)25)22(27)26-12-9-23(28,10-13-26)19-4-6-20(24)7-5-19/h2-8,11,16,28H,9-10,12-15H2,1H3. The largest absolute Gasteiger partial charge is 0.385 e. The van der Waals surface area contributed by atoms with Crippen LogP contribution in [-0.2, 0) is 16.9 Å². The molecule has 2 aromatic carbocycles. The van der Waals surface area contributed by atoms with Crippen LogP contribution in [0.1, 0.15) is 28.8 Å². The number of hydrogen-bond donors (Lipinski definition) is 1. The Morgan fingerprint density at radius 1 is 1.14 bits per heavy atom. The van der Waals surface area contributed by atoms with Crippen LogP contribution in [0.2, 0.25) is 5.02 Å². The van der Waals surface area contributed by atoms with Crippen LogP contribution in [0.5, 0.6) is 0 Å². The van der Waals surface area contributed by atoms with Gasteiger partial charge in [0.15, 0.2) is 0 Å². The van der Waals surface area contributed by atoms with Gasteiger partial charge < -0.3 is 19.3 Å². The predicted octanol–water partition coefficient (Wildman–Crippen LogP) is 4.06. The highest BCUT2D eigenvalue weighted by Gasteiger charge is 2.35. The van der Waals surface area contributed by atoms with Crippen molar-refractivity contribution in [3.05, 3.63) is 70.9 Å². The Hall–Kier alpha value is -2.34. The van der Waals surface area contributed by atoms with Gasteiger partial charge in [0, 0.05) is 49.0 Å². The fourth-order valence-corrected chi connectivity index (χ4v) is 4.14. The topological polar surface area (TPSA) is 54.7 Å². The summed E-state index contributed by atoms with van der Waals surface area (Å²) in [7, 11) is 1.68. The van der Waals surface area contributed by atoms with E-state index in [-0.39, 0.29) is 5.91 Å². The van der Waals surface area contributed by atoms with E-state index in [4.69, 9.17) is 16.3 Å². The molecule has 0 aliphatic carbocycles. The van der Waals surface area contributed by atoms with E-state index in [1.807, 2.05) is 47.5 Å². The van der Waals surface area contributed by atoms with Crippen molar-refractivity contribution in [1.29, 1.82) is 0 Å². The first kappa shape index (κ1) is 20.0. The Labute approximate surface area is 175 Å². The molecule has 2 heterocycles. The maximum atomic E-state index is 13.1. The lowest BCUT2D eigenvalue weighted by Gasteiger charge is -2.38. The van der Waals surface area contributed by atoms with Crippen LogP contribution in [0.25, 0.3) is 10.9 Å². The van der Waals surface area contributed by atoms with Gasteiger partial charge in [-0.3, -0.25) is 4.79 Å². The van der Waals surface area contributed by atoms with Gasteiger partial charge in [-0.1, -0.05) is 29.8 Å². The zero-order valence-electron chi connectivity index (χ0n) is 16.5. The highest BCUT2D eigenvalue weighted by Crippen LogP contribution is 2.34. The Morgan fingerprint density at radius 2 is 1.86 bits per heavy atom. The van der Waals surface area contributed by atoms with Gasteiger partial charge >= 0.3 is 0 Å². The first-order valence-corrected chi connectivity index (χ1v) is 10.2. The van der Waals surface area contributed by atoms with E-state index in [2.05, 4.69) is 4.57 Å². The smallest absolute Gasteiger partial charge is 0.253 e. The van der Waals surface area contributed by atoms with Gasteiger partial charge in [0.05, 0.1) is 12.2 Å². The Balaban J connectivity index is 1.48. The van der Waals surface area contributed by atoms with Gasteiger partial charge in [0.25, 0.3) is 5.91 Å². The van der Waals surface area contributed by atoms with Crippen molar-refractivity contribution in [2.45, 2.75) is 25.0 Å². The van der Waals surface area contributed by atoms with Gasteiger partial charge in [-0.05, 0) is 54.1 Å². The third-order valence-electron chi connectivity index (χ3n) is 5.82. The van der Waals surface area contributed by atoms with E-state index >= 15 is 0 Å². The number of piperidine rings is 1.